The summed E-state index contributed by atoms with van der Waals surface area (Å²) in [5, 5.41) is 8.26. The molecule has 4 nitrogen and oxygen atoms in total. The predicted octanol–water partition coefficient (Wildman–Crippen LogP) is 8.26. The van der Waals surface area contributed by atoms with Crippen LogP contribution in [0.25, 0.3) is 0 Å². The molecule has 0 bridgehead atoms. The average Bonchev–Trinajstić information content (AvgIpc) is 2.74. The van der Waals surface area contributed by atoms with Crippen molar-refractivity contribution in [1.82, 2.24) is 9.97 Å². The summed E-state index contributed by atoms with van der Waals surface area (Å²) in [4.78, 5) is 8.20. The first kappa shape index (κ1) is 22.2. The quantitative estimate of drug-likeness (QED) is 0.310. The molecule has 0 amide bonds. The van der Waals surface area contributed by atoms with Gasteiger partial charge in [0.1, 0.15) is 11.6 Å². The van der Waals surface area contributed by atoms with E-state index in [4.69, 9.17) is 46.4 Å². The first-order chi connectivity index (χ1) is 14.5. The molecular formula is C22H16Cl4N4. The molecule has 4 aromatic rings. The molecule has 8 heteroatoms. The second kappa shape index (κ2) is 11.0. The third-order valence-electron chi connectivity index (χ3n) is 3.69. The van der Waals surface area contributed by atoms with Gasteiger partial charge < -0.3 is 10.6 Å². The maximum absolute atomic E-state index is 5.97. The van der Waals surface area contributed by atoms with Crippen LogP contribution in [0, 0.1) is 0 Å². The third-order valence-corrected chi connectivity index (χ3v) is 4.68. The normalized spacial score (nSPS) is 10.0. The Morgan fingerprint density at radius 2 is 0.900 bits per heavy atom. The van der Waals surface area contributed by atoms with Crippen molar-refractivity contribution >= 4 is 69.4 Å². The fourth-order valence-electron chi connectivity index (χ4n) is 2.33. The second-order valence-electron chi connectivity index (χ2n) is 5.95. The number of aromatic nitrogens is 2. The summed E-state index contributed by atoms with van der Waals surface area (Å²) >= 11 is 23.4. The molecule has 0 saturated heterocycles. The number of pyridine rings is 2. The van der Waals surface area contributed by atoms with Crippen molar-refractivity contribution in [2.24, 2.45) is 0 Å². The monoisotopic (exact) mass is 476 g/mol. The van der Waals surface area contributed by atoms with Gasteiger partial charge in [0.25, 0.3) is 0 Å². The van der Waals surface area contributed by atoms with E-state index >= 15 is 0 Å². The number of nitrogens with zero attached hydrogens (tertiary/aromatic N) is 2. The Morgan fingerprint density at radius 3 is 1.23 bits per heavy atom. The van der Waals surface area contributed by atoms with E-state index in [1.807, 2.05) is 60.7 Å². The van der Waals surface area contributed by atoms with Gasteiger partial charge in [-0.1, -0.05) is 82.8 Å². The molecule has 0 unspecified atom stereocenters. The van der Waals surface area contributed by atoms with Crippen LogP contribution in [0.5, 0.6) is 0 Å². The first-order valence-electron chi connectivity index (χ1n) is 8.77. The molecule has 0 aliphatic carbocycles. The van der Waals surface area contributed by atoms with Gasteiger partial charge in [-0.2, -0.15) is 0 Å². The van der Waals surface area contributed by atoms with Gasteiger partial charge in [-0.25, -0.2) is 9.97 Å². The molecule has 4 rings (SSSR count). The molecule has 2 aromatic carbocycles. The Bertz CT molecular complexity index is 1000. The summed E-state index contributed by atoms with van der Waals surface area (Å²) in [6.07, 6.45) is 3.11. The van der Waals surface area contributed by atoms with E-state index in [9.17, 15) is 0 Å². The molecule has 152 valence electrons. The van der Waals surface area contributed by atoms with Gasteiger partial charge >= 0.3 is 0 Å². The fourth-order valence-corrected chi connectivity index (χ4v) is 3.18. The first-order valence-corrected chi connectivity index (χ1v) is 10.3. The van der Waals surface area contributed by atoms with E-state index in [1.54, 1.807) is 24.5 Å². The van der Waals surface area contributed by atoms with Crippen molar-refractivity contribution in [3.05, 3.63) is 105 Å². The van der Waals surface area contributed by atoms with Crippen LogP contribution >= 0.6 is 46.4 Å². The van der Waals surface area contributed by atoms with Crippen LogP contribution in [0.1, 0.15) is 0 Å². The standard InChI is InChI=1S/2C11H8Cl2N2/c2*12-8-6-10(13)11(14-7-8)15-9-4-2-1-3-5-9/h2*1-7H,(H,14,15). The number of halogens is 4. The highest BCUT2D eigenvalue weighted by Crippen LogP contribution is 2.26. The molecular weight excluding hydrogens is 462 g/mol. The van der Waals surface area contributed by atoms with Crippen molar-refractivity contribution in [1.29, 1.82) is 0 Å². The minimum atomic E-state index is 0.506. The van der Waals surface area contributed by atoms with Crippen LogP contribution in [-0.2, 0) is 0 Å². The lowest BCUT2D eigenvalue weighted by atomic mass is 10.3. The van der Waals surface area contributed by atoms with Crippen molar-refractivity contribution in [2.45, 2.75) is 0 Å². The van der Waals surface area contributed by atoms with Crippen LogP contribution in [0.15, 0.2) is 85.2 Å². The number of benzene rings is 2. The molecule has 0 radical (unpaired) electrons. The molecule has 2 heterocycles. The van der Waals surface area contributed by atoms with Gasteiger partial charge in [-0.3, -0.25) is 0 Å². The van der Waals surface area contributed by atoms with Gasteiger partial charge in [-0.05, 0) is 36.4 Å². The predicted molar refractivity (Wildman–Crippen MR) is 128 cm³/mol. The zero-order valence-electron chi connectivity index (χ0n) is 15.5. The Balaban J connectivity index is 0.000000171. The summed E-state index contributed by atoms with van der Waals surface area (Å²) in [5.74, 6) is 1.21. The van der Waals surface area contributed by atoms with Gasteiger partial charge in [0.2, 0.25) is 0 Å². The number of para-hydroxylation sites is 2. The van der Waals surface area contributed by atoms with Crippen LogP contribution < -0.4 is 10.6 Å². The molecule has 2 aromatic heterocycles. The SMILES string of the molecule is Clc1cnc(Nc2ccccc2)c(Cl)c1.Clc1cnc(Nc2ccccc2)c(Cl)c1. The van der Waals surface area contributed by atoms with Crippen LogP contribution in [-0.4, -0.2) is 9.97 Å². The van der Waals surface area contributed by atoms with E-state index in [0.717, 1.165) is 11.4 Å². The maximum atomic E-state index is 5.97. The molecule has 30 heavy (non-hydrogen) atoms. The van der Waals surface area contributed by atoms with Gasteiger partial charge in [0.05, 0.1) is 20.1 Å². The van der Waals surface area contributed by atoms with E-state index in [-0.39, 0.29) is 0 Å². The van der Waals surface area contributed by atoms with Crippen LogP contribution in [0.3, 0.4) is 0 Å². The van der Waals surface area contributed by atoms with Crippen molar-refractivity contribution < 1.29 is 0 Å². The van der Waals surface area contributed by atoms with Gasteiger partial charge in [0, 0.05) is 23.8 Å². The Morgan fingerprint density at radius 1 is 0.533 bits per heavy atom. The van der Waals surface area contributed by atoms with E-state index in [0.29, 0.717) is 31.7 Å². The third kappa shape index (κ3) is 6.78. The highest BCUT2D eigenvalue weighted by atomic mass is 35.5. The fraction of sp³-hybridized carbons (Fsp3) is 0. The lowest BCUT2D eigenvalue weighted by Gasteiger charge is -2.06. The Hall–Kier alpha value is -2.50. The van der Waals surface area contributed by atoms with E-state index < -0.39 is 0 Å². The molecule has 0 spiro atoms. The zero-order chi connectivity index (χ0) is 21.3. The lowest BCUT2D eigenvalue weighted by Crippen LogP contribution is -1.93. The molecule has 0 atom stereocenters. The van der Waals surface area contributed by atoms with Crippen LogP contribution in [0.2, 0.25) is 20.1 Å². The zero-order valence-corrected chi connectivity index (χ0v) is 18.5. The summed E-state index contributed by atoms with van der Waals surface area (Å²) in [6.45, 7) is 0. The molecule has 0 aliphatic rings. The highest BCUT2D eigenvalue weighted by Gasteiger charge is 2.03. The molecule has 0 fully saturated rings. The lowest BCUT2D eigenvalue weighted by molar-refractivity contribution is 1.31. The number of anilines is 4. The Kier molecular flexibility index (Phi) is 8.17. The van der Waals surface area contributed by atoms with Crippen molar-refractivity contribution in [3.63, 3.8) is 0 Å². The Labute approximate surface area is 194 Å². The van der Waals surface area contributed by atoms with Crippen LogP contribution in [0.4, 0.5) is 23.0 Å². The van der Waals surface area contributed by atoms with Crippen molar-refractivity contribution in [3.8, 4) is 0 Å². The summed E-state index contributed by atoms with van der Waals surface area (Å²) in [5.41, 5.74) is 1.88. The number of nitrogens with one attached hydrogen (secondary N) is 2. The van der Waals surface area contributed by atoms with Gasteiger partial charge in [0.15, 0.2) is 0 Å². The average molecular weight is 478 g/mol. The molecule has 0 aliphatic heterocycles. The van der Waals surface area contributed by atoms with E-state index in [2.05, 4.69) is 20.6 Å². The summed E-state index contributed by atoms with van der Waals surface area (Å²) < 4.78 is 0. The van der Waals surface area contributed by atoms with E-state index in [1.165, 1.54) is 0 Å². The molecule has 2 N–H and O–H groups in total. The smallest absolute Gasteiger partial charge is 0.149 e. The largest absolute Gasteiger partial charge is 0.339 e. The summed E-state index contributed by atoms with van der Waals surface area (Å²) in [7, 11) is 0. The van der Waals surface area contributed by atoms with Crippen molar-refractivity contribution in [2.75, 3.05) is 10.6 Å². The summed E-state index contributed by atoms with van der Waals surface area (Å²) in [6, 6.07) is 22.7. The number of hydrogen-bond donors (Lipinski definition) is 2. The number of hydrogen-bond acceptors (Lipinski definition) is 4. The molecule has 0 saturated carbocycles. The highest BCUT2D eigenvalue weighted by molar-refractivity contribution is 6.36. The minimum absolute atomic E-state index is 0.506. The minimum Gasteiger partial charge on any atom is -0.339 e. The number of rotatable bonds is 4. The topological polar surface area (TPSA) is 49.8 Å². The second-order valence-corrected chi connectivity index (χ2v) is 7.64. The van der Waals surface area contributed by atoms with Gasteiger partial charge in [-0.15, -0.1) is 0 Å². The maximum Gasteiger partial charge on any atom is 0.149 e.